The number of benzene rings is 2. The van der Waals surface area contributed by atoms with Gasteiger partial charge < -0.3 is 20.7 Å². The highest BCUT2D eigenvalue weighted by Crippen LogP contribution is 2.34. The van der Waals surface area contributed by atoms with Gasteiger partial charge in [0.05, 0.1) is 34.1 Å². The van der Waals surface area contributed by atoms with Crippen molar-refractivity contribution >= 4 is 44.8 Å². The zero-order valence-electron chi connectivity index (χ0n) is 23.6. The van der Waals surface area contributed by atoms with Crippen LogP contribution in [0.25, 0.3) is 0 Å². The molecule has 0 radical (unpaired) electrons. The quantitative estimate of drug-likeness (QED) is 0.380. The fourth-order valence-corrected chi connectivity index (χ4v) is 7.37. The van der Waals surface area contributed by atoms with Gasteiger partial charge in [-0.25, -0.2) is 18.2 Å². The van der Waals surface area contributed by atoms with Crippen molar-refractivity contribution in [3.05, 3.63) is 69.7 Å². The smallest absolute Gasteiger partial charge is 0.407 e. The summed E-state index contributed by atoms with van der Waals surface area (Å²) in [6.45, 7) is 8.10. The molecule has 2 aromatic carbocycles. The van der Waals surface area contributed by atoms with E-state index in [1.54, 1.807) is 18.3 Å². The third-order valence-corrected chi connectivity index (χ3v) is 9.74. The van der Waals surface area contributed by atoms with Crippen LogP contribution in [0.3, 0.4) is 0 Å². The molecule has 0 atom stereocenters. The molecule has 3 heterocycles. The maximum Gasteiger partial charge on any atom is 0.407 e. The van der Waals surface area contributed by atoms with E-state index in [1.165, 1.54) is 41.7 Å². The highest BCUT2D eigenvalue weighted by atomic mass is 32.2. The minimum absolute atomic E-state index is 0.0579. The number of aromatic nitrogens is 1. The second-order valence-electron chi connectivity index (χ2n) is 11.3. The summed E-state index contributed by atoms with van der Waals surface area (Å²) < 4.78 is 31.7. The molecule has 1 saturated heterocycles. The number of rotatable bonds is 6. The molecule has 3 N–H and O–H groups in total. The van der Waals surface area contributed by atoms with Gasteiger partial charge >= 0.3 is 6.09 Å². The number of alkyl carbamates (subject to hydrolysis) is 1. The van der Waals surface area contributed by atoms with Crippen LogP contribution in [0.5, 0.6) is 0 Å². The highest BCUT2D eigenvalue weighted by molar-refractivity contribution is 7.91. The molecule has 0 bridgehead atoms. The molecule has 0 unspecified atom stereocenters. The Balaban J connectivity index is 1.14. The van der Waals surface area contributed by atoms with Crippen molar-refractivity contribution in [1.29, 1.82) is 0 Å². The second-order valence-corrected chi connectivity index (χ2v) is 14.4. The number of ether oxygens (including phenoxy) is 1. The van der Waals surface area contributed by atoms with E-state index >= 15 is 0 Å². The number of anilines is 1. The number of nitrogens with zero attached hydrogens (tertiary/aromatic N) is 2. The van der Waals surface area contributed by atoms with Crippen LogP contribution in [0, 0.1) is 0 Å². The maximum absolute atomic E-state index is 13.2. The molecule has 2 aliphatic heterocycles. The molecule has 13 heteroatoms. The van der Waals surface area contributed by atoms with Crippen molar-refractivity contribution in [2.45, 2.75) is 68.1 Å². The summed E-state index contributed by atoms with van der Waals surface area (Å²) in [6, 6.07) is 10.3. The van der Waals surface area contributed by atoms with Gasteiger partial charge in [-0.2, -0.15) is 0 Å². The van der Waals surface area contributed by atoms with Gasteiger partial charge in [0.2, 0.25) is 9.84 Å². The Kier molecular flexibility index (Phi) is 8.35. The minimum Gasteiger partial charge on any atom is -0.444 e. The van der Waals surface area contributed by atoms with Crippen LogP contribution in [-0.2, 0) is 27.7 Å². The standard InChI is InChI=1S/C29H33N5O6S2/c1-29(2,3)40-28(37)32-19-10-12-34(13-11-19)17-25-30-15-20(41-25)16-31-26(35)18-8-9-24-22(14-18)33-27(36)21-6-4-5-7-23(21)42(24,38)39/h4-9,14-15,19H,10-13,16-17H2,1-3H3,(H,31,35)(H,32,37)(H,33,36). The molecule has 1 fully saturated rings. The zero-order chi connectivity index (χ0) is 30.1. The van der Waals surface area contributed by atoms with Gasteiger partial charge in [-0.15, -0.1) is 11.3 Å². The van der Waals surface area contributed by atoms with Crippen molar-refractivity contribution in [1.82, 2.24) is 20.5 Å². The predicted molar refractivity (Wildman–Crippen MR) is 157 cm³/mol. The largest absolute Gasteiger partial charge is 0.444 e. The van der Waals surface area contributed by atoms with Crippen LogP contribution in [0.2, 0.25) is 0 Å². The second kappa shape index (κ2) is 11.8. The topological polar surface area (TPSA) is 147 Å². The molecule has 11 nitrogen and oxygen atoms in total. The van der Waals surface area contributed by atoms with Crippen LogP contribution in [0.1, 0.15) is 64.2 Å². The van der Waals surface area contributed by atoms with E-state index in [9.17, 15) is 22.8 Å². The first-order valence-electron chi connectivity index (χ1n) is 13.6. The Bertz CT molecular complexity index is 1620. The molecule has 2 aliphatic rings. The van der Waals surface area contributed by atoms with Crippen molar-refractivity contribution in [2.24, 2.45) is 0 Å². The summed E-state index contributed by atoms with van der Waals surface area (Å²) in [4.78, 5) is 45.2. The molecule has 3 aromatic rings. The number of sulfone groups is 1. The molecule has 5 rings (SSSR count). The lowest BCUT2D eigenvalue weighted by Crippen LogP contribution is -2.45. The zero-order valence-corrected chi connectivity index (χ0v) is 25.2. The summed E-state index contributed by atoms with van der Waals surface area (Å²) in [5.41, 5.74) is -0.180. The Hall–Kier alpha value is -3.81. The molecule has 222 valence electrons. The Morgan fingerprint density at radius 1 is 1.12 bits per heavy atom. The fraction of sp³-hybridized carbons (Fsp3) is 0.379. The number of carbonyl (C=O) groups excluding carboxylic acids is 3. The van der Waals surface area contributed by atoms with Gasteiger partial charge in [-0.1, -0.05) is 12.1 Å². The van der Waals surface area contributed by atoms with Crippen molar-refractivity contribution in [3.63, 3.8) is 0 Å². The average molecular weight is 612 g/mol. The summed E-state index contributed by atoms with van der Waals surface area (Å²) in [7, 11) is -3.94. The molecule has 0 aliphatic carbocycles. The molecular formula is C29H33N5O6S2. The molecule has 1 aromatic heterocycles. The van der Waals surface area contributed by atoms with E-state index < -0.39 is 27.3 Å². The molecule has 0 spiro atoms. The lowest BCUT2D eigenvalue weighted by Gasteiger charge is -2.32. The van der Waals surface area contributed by atoms with Crippen molar-refractivity contribution in [2.75, 3.05) is 18.4 Å². The third kappa shape index (κ3) is 6.80. The molecular weight excluding hydrogens is 578 g/mol. The fourth-order valence-electron chi connectivity index (χ4n) is 4.87. The van der Waals surface area contributed by atoms with E-state index in [1.807, 2.05) is 20.8 Å². The van der Waals surface area contributed by atoms with Gasteiger partial charge in [0.15, 0.2) is 0 Å². The lowest BCUT2D eigenvalue weighted by atomic mass is 10.1. The maximum atomic E-state index is 13.2. The van der Waals surface area contributed by atoms with Crippen LogP contribution in [0.15, 0.2) is 58.5 Å². The number of amides is 3. The average Bonchev–Trinajstić information content (AvgIpc) is 3.35. The minimum atomic E-state index is -3.94. The number of nitrogens with one attached hydrogen (secondary N) is 3. The van der Waals surface area contributed by atoms with Gasteiger partial charge in [-0.05, 0) is 63.9 Å². The number of piperidine rings is 1. The summed E-state index contributed by atoms with van der Waals surface area (Å²) in [5, 5.41) is 9.35. The first-order chi connectivity index (χ1) is 19.9. The monoisotopic (exact) mass is 611 g/mol. The van der Waals surface area contributed by atoms with Crippen LogP contribution < -0.4 is 16.0 Å². The summed E-state index contributed by atoms with van der Waals surface area (Å²) >= 11 is 1.51. The van der Waals surface area contributed by atoms with Gasteiger partial charge in [-0.3, -0.25) is 14.5 Å². The first-order valence-corrected chi connectivity index (χ1v) is 15.9. The van der Waals surface area contributed by atoms with Crippen LogP contribution in [-0.4, -0.2) is 60.9 Å². The first kappa shape index (κ1) is 29.7. The van der Waals surface area contributed by atoms with Crippen LogP contribution >= 0.6 is 11.3 Å². The Morgan fingerprint density at radius 2 is 1.86 bits per heavy atom. The Morgan fingerprint density at radius 3 is 2.60 bits per heavy atom. The normalized spacial score (nSPS) is 16.9. The highest BCUT2D eigenvalue weighted by Gasteiger charge is 2.31. The SMILES string of the molecule is CC(C)(C)OC(=O)NC1CCN(Cc2ncc(CNC(=O)c3ccc4c(c3)NC(=O)c3ccccc3S4(=O)=O)s2)CC1. The van der Waals surface area contributed by atoms with Gasteiger partial charge in [0.1, 0.15) is 10.6 Å². The van der Waals surface area contributed by atoms with E-state index in [2.05, 4.69) is 25.8 Å². The van der Waals surface area contributed by atoms with E-state index in [0.717, 1.165) is 35.8 Å². The number of likely N-dealkylation sites (tertiary alicyclic amines) is 1. The van der Waals surface area contributed by atoms with E-state index in [-0.39, 0.29) is 45.3 Å². The molecule has 42 heavy (non-hydrogen) atoms. The molecule has 0 saturated carbocycles. The van der Waals surface area contributed by atoms with Crippen molar-refractivity contribution in [3.8, 4) is 0 Å². The summed E-state index contributed by atoms with van der Waals surface area (Å²) in [5.74, 6) is -0.952. The number of carbonyl (C=O) groups is 3. The van der Waals surface area contributed by atoms with E-state index in [4.69, 9.17) is 4.74 Å². The number of hydrogen-bond acceptors (Lipinski definition) is 9. The lowest BCUT2D eigenvalue weighted by molar-refractivity contribution is 0.0477. The van der Waals surface area contributed by atoms with E-state index in [0.29, 0.717) is 6.54 Å². The summed E-state index contributed by atoms with van der Waals surface area (Å²) in [6.07, 6.45) is 2.99. The number of hydrogen-bond donors (Lipinski definition) is 3. The van der Waals surface area contributed by atoms with Gasteiger partial charge in [0, 0.05) is 35.8 Å². The Labute approximate surface area is 248 Å². The van der Waals surface area contributed by atoms with Crippen LogP contribution in [0.4, 0.5) is 10.5 Å². The predicted octanol–water partition coefficient (Wildman–Crippen LogP) is 3.96. The van der Waals surface area contributed by atoms with Crippen molar-refractivity contribution < 1.29 is 27.5 Å². The number of thiazole rings is 1. The molecule has 3 amide bonds. The van der Waals surface area contributed by atoms with Gasteiger partial charge in [0.25, 0.3) is 11.8 Å². The number of fused-ring (bicyclic) bond motifs is 2. The third-order valence-electron chi connectivity index (χ3n) is 6.89.